The number of carbonyl (C=O) groups excluding carboxylic acids is 1. The third kappa shape index (κ3) is 4.92. The molecule has 1 fully saturated rings. The number of benzene rings is 1. The predicted octanol–water partition coefficient (Wildman–Crippen LogP) is 3.25. The maximum absolute atomic E-state index is 13.3. The van der Waals surface area contributed by atoms with E-state index < -0.39 is 10.0 Å². The number of amides is 1. The highest BCUT2D eigenvalue weighted by Crippen LogP contribution is 2.26. The van der Waals surface area contributed by atoms with Crippen LogP contribution in [0.5, 0.6) is 0 Å². The van der Waals surface area contributed by atoms with Crippen LogP contribution in [0, 0.1) is 13.8 Å². The number of carbonyl (C=O) groups is 1. The van der Waals surface area contributed by atoms with Crippen molar-refractivity contribution in [3.8, 4) is 0 Å². The molecule has 0 unspecified atom stereocenters. The van der Waals surface area contributed by atoms with Crippen molar-refractivity contribution in [2.75, 3.05) is 19.6 Å². The van der Waals surface area contributed by atoms with E-state index >= 15 is 0 Å². The van der Waals surface area contributed by atoms with Crippen molar-refractivity contribution in [2.45, 2.75) is 64.3 Å². The predicted molar refractivity (Wildman–Crippen MR) is 117 cm³/mol. The maximum Gasteiger partial charge on any atom is 0.251 e. The Morgan fingerprint density at radius 1 is 1.07 bits per heavy atom. The number of nitrogens with zero attached hydrogens (tertiary/aromatic N) is 3. The van der Waals surface area contributed by atoms with Crippen molar-refractivity contribution in [3.63, 3.8) is 0 Å². The summed E-state index contributed by atoms with van der Waals surface area (Å²) in [6.07, 6.45) is 4.86. The van der Waals surface area contributed by atoms with Gasteiger partial charge < -0.3 is 5.32 Å². The highest BCUT2D eigenvalue weighted by Gasteiger charge is 2.31. The van der Waals surface area contributed by atoms with Crippen LogP contribution in [-0.4, -0.2) is 48.0 Å². The third-order valence-electron chi connectivity index (χ3n) is 5.56. The Morgan fingerprint density at radius 2 is 1.70 bits per heavy atom. The summed E-state index contributed by atoms with van der Waals surface area (Å²) in [5, 5.41) is 7.38. The first-order valence-corrected chi connectivity index (χ1v) is 12.2. The summed E-state index contributed by atoms with van der Waals surface area (Å²) in [7, 11) is -3.55. The number of hydrogen-bond acceptors (Lipinski definition) is 4. The zero-order valence-electron chi connectivity index (χ0n) is 18.1. The molecule has 0 radical (unpaired) electrons. The van der Waals surface area contributed by atoms with Gasteiger partial charge in [-0.15, -0.1) is 0 Å². The lowest BCUT2D eigenvalue weighted by molar-refractivity contribution is 0.0953. The lowest BCUT2D eigenvalue weighted by atomic mass is 10.1. The highest BCUT2D eigenvalue weighted by molar-refractivity contribution is 7.89. The molecule has 8 heteroatoms. The Morgan fingerprint density at radius 3 is 2.30 bits per heavy atom. The minimum Gasteiger partial charge on any atom is -0.352 e. The van der Waals surface area contributed by atoms with E-state index in [1.165, 1.54) is 0 Å². The summed E-state index contributed by atoms with van der Waals surface area (Å²) < 4.78 is 29.9. The first-order chi connectivity index (χ1) is 14.3. The molecule has 0 saturated carbocycles. The van der Waals surface area contributed by atoms with E-state index in [2.05, 4.69) is 10.4 Å². The van der Waals surface area contributed by atoms with Gasteiger partial charge in [-0.3, -0.25) is 9.48 Å². The molecule has 0 spiro atoms. The second kappa shape index (κ2) is 9.75. The van der Waals surface area contributed by atoms with E-state index in [1.807, 2.05) is 26.0 Å². The van der Waals surface area contributed by atoms with E-state index in [0.29, 0.717) is 48.0 Å². The molecule has 7 nitrogen and oxygen atoms in total. The summed E-state index contributed by atoms with van der Waals surface area (Å²) in [5.41, 5.74) is 2.77. The first-order valence-electron chi connectivity index (χ1n) is 10.8. The molecule has 30 heavy (non-hydrogen) atoms. The van der Waals surface area contributed by atoms with Gasteiger partial charge in [0.15, 0.2) is 0 Å². The average molecular weight is 433 g/mol. The maximum atomic E-state index is 13.3. The summed E-state index contributed by atoms with van der Waals surface area (Å²) >= 11 is 0. The molecule has 1 saturated heterocycles. The lowest BCUT2D eigenvalue weighted by Gasteiger charge is -2.20. The third-order valence-corrected chi connectivity index (χ3v) is 7.71. The largest absolute Gasteiger partial charge is 0.352 e. The van der Waals surface area contributed by atoms with Crippen LogP contribution < -0.4 is 5.32 Å². The quantitative estimate of drug-likeness (QED) is 0.728. The summed E-state index contributed by atoms with van der Waals surface area (Å²) in [6.45, 7) is 7.85. The van der Waals surface area contributed by atoms with Crippen molar-refractivity contribution in [1.82, 2.24) is 19.4 Å². The molecule has 1 aliphatic heterocycles. The van der Waals surface area contributed by atoms with E-state index in [1.54, 1.807) is 28.0 Å². The van der Waals surface area contributed by atoms with Crippen LogP contribution in [0.25, 0.3) is 0 Å². The van der Waals surface area contributed by atoms with Crippen LogP contribution in [0.1, 0.15) is 66.3 Å². The Labute approximate surface area is 179 Å². The van der Waals surface area contributed by atoms with E-state index in [4.69, 9.17) is 0 Å². The Kier molecular flexibility index (Phi) is 7.31. The summed E-state index contributed by atoms with van der Waals surface area (Å²) in [6, 6.07) is 7.36. The molecule has 1 aliphatic rings. The molecule has 164 valence electrons. The van der Waals surface area contributed by atoms with Gasteiger partial charge in [0.25, 0.3) is 5.91 Å². The average Bonchev–Trinajstić information content (AvgIpc) is 2.91. The fourth-order valence-corrected chi connectivity index (χ4v) is 5.78. The van der Waals surface area contributed by atoms with Crippen molar-refractivity contribution in [3.05, 3.63) is 46.8 Å². The Hall–Kier alpha value is -2.19. The van der Waals surface area contributed by atoms with Gasteiger partial charge in [0.05, 0.1) is 17.9 Å². The molecule has 3 rings (SSSR count). The van der Waals surface area contributed by atoms with E-state index in [-0.39, 0.29) is 5.91 Å². The summed E-state index contributed by atoms with van der Waals surface area (Å²) in [4.78, 5) is 12.4. The zero-order chi connectivity index (χ0) is 21.7. The van der Waals surface area contributed by atoms with Crippen LogP contribution in [0.4, 0.5) is 0 Å². The Bertz CT molecular complexity index is 973. The van der Waals surface area contributed by atoms with Crippen molar-refractivity contribution in [2.24, 2.45) is 0 Å². The van der Waals surface area contributed by atoms with Crippen molar-refractivity contribution in [1.29, 1.82) is 0 Å². The molecule has 0 bridgehead atoms. The molecule has 1 aromatic carbocycles. The molecule has 0 atom stereocenters. The van der Waals surface area contributed by atoms with Gasteiger partial charge in [-0.1, -0.05) is 31.9 Å². The van der Waals surface area contributed by atoms with Gasteiger partial charge in [0.2, 0.25) is 10.0 Å². The van der Waals surface area contributed by atoms with Crippen LogP contribution in [0.15, 0.2) is 29.2 Å². The van der Waals surface area contributed by atoms with Gasteiger partial charge in [0.1, 0.15) is 4.90 Å². The smallest absolute Gasteiger partial charge is 0.251 e. The van der Waals surface area contributed by atoms with Crippen molar-refractivity contribution >= 4 is 15.9 Å². The summed E-state index contributed by atoms with van der Waals surface area (Å²) in [5.74, 6) is -0.0830. The van der Waals surface area contributed by atoms with Crippen LogP contribution in [-0.2, 0) is 16.6 Å². The second-order valence-electron chi connectivity index (χ2n) is 7.93. The SMILES string of the molecule is CCCNC(=O)c1ccc(Cn2nc(C)c(S(=O)(=O)N3CCCCCC3)c2C)cc1. The standard InChI is InChI=1S/C22H32N4O3S/c1-4-13-23-22(27)20-11-9-19(10-12-20)16-26-18(3)21(17(2)24-26)30(28,29)25-14-7-5-6-8-15-25/h9-12H,4-8,13-16H2,1-3H3,(H,23,27). The molecule has 2 aromatic rings. The van der Waals surface area contributed by atoms with Gasteiger partial charge in [0, 0.05) is 25.2 Å². The second-order valence-corrected chi connectivity index (χ2v) is 9.80. The number of sulfonamides is 1. The van der Waals surface area contributed by atoms with E-state index in [9.17, 15) is 13.2 Å². The number of hydrogen-bond donors (Lipinski definition) is 1. The number of rotatable bonds is 7. The minimum atomic E-state index is -3.55. The van der Waals surface area contributed by atoms with Crippen LogP contribution in [0.2, 0.25) is 0 Å². The first kappa shape index (κ1) is 22.5. The van der Waals surface area contributed by atoms with Gasteiger partial charge in [-0.2, -0.15) is 9.40 Å². The van der Waals surface area contributed by atoms with E-state index in [0.717, 1.165) is 37.7 Å². The van der Waals surface area contributed by atoms with Crippen LogP contribution >= 0.6 is 0 Å². The molecule has 1 aromatic heterocycles. The highest BCUT2D eigenvalue weighted by atomic mass is 32.2. The van der Waals surface area contributed by atoms with Gasteiger partial charge in [-0.25, -0.2) is 8.42 Å². The fourth-order valence-electron chi connectivity index (χ4n) is 3.89. The van der Waals surface area contributed by atoms with Crippen LogP contribution in [0.3, 0.4) is 0 Å². The molecular weight excluding hydrogens is 400 g/mol. The normalized spacial score (nSPS) is 15.7. The molecule has 0 aliphatic carbocycles. The Balaban J connectivity index is 1.79. The number of nitrogens with one attached hydrogen (secondary N) is 1. The molecule has 1 N–H and O–H groups in total. The number of aromatic nitrogens is 2. The lowest BCUT2D eigenvalue weighted by Crippen LogP contribution is -2.32. The minimum absolute atomic E-state index is 0.0830. The zero-order valence-corrected chi connectivity index (χ0v) is 19.0. The number of aryl methyl sites for hydroxylation is 1. The molecular formula is C22H32N4O3S. The van der Waals surface area contributed by atoms with Gasteiger partial charge >= 0.3 is 0 Å². The monoisotopic (exact) mass is 432 g/mol. The van der Waals surface area contributed by atoms with Gasteiger partial charge in [-0.05, 0) is 50.8 Å². The van der Waals surface area contributed by atoms with Crippen molar-refractivity contribution < 1.29 is 13.2 Å². The topological polar surface area (TPSA) is 84.3 Å². The molecule has 2 heterocycles. The molecule has 1 amide bonds. The fraction of sp³-hybridized carbons (Fsp3) is 0.545.